The van der Waals surface area contributed by atoms with Crippen molar-refractivity contribution in [1.29, 1.82) is 5.26 Å². The van der Waals surface area contributed by atoms with Gasteiger partial charge in [0.1, 0.15) is 29.7 Å². The average molecular weight is 577 g/mol. The number of nitrogens with two attached hydrogens (primary N) is 2. The number of urea groups is 1. The molecule has 2 aromatic heterocycles. The number of hydrogen-bond donors (Lipinski definition) is 2. The van der Waals surface area contributed by atoms with E-state index in [0.29, 0.717) is 39.2 Å². The molecule has 0 spiro atoms. The van der Waals surface area contributed by atoms with Gasteiger partial charge in [-0.15, -0.1) is 0 Å². The van der Waals surface area contributed by atoms with E-state index in [1.54, 1.807) is 24.3 Å². The molecule has 1 saturated heterocycles. The van der Waals surface area contributed by atoms with Crippen LogP contribution in [0.2, 0.25) is 0 Å². The van der Waals surface area contributed by atoms with Gasteiger partial charge in [-0.05, 0) is 62.0 Å². The largest absolute Gasteiger partial charge is 0.383 e. The number of likely N-dealkylation sites (N-methyl/N-ethyl adjacent to an activating group) is 1. The van der Waals surface area contributed by atoms with Gasteiger partial charge < -0.3 is 21.3 Å². The minimum Gasteiger partial charge on any atom is -0.383 e. The highest BCUT2D eigenvalue weighted by Crippen LogP contribution is 2.36. The zero-order chi connectivity index (χ0) is 30.2. The molecule has 6 rings (SSSR count). The van der Waals surface area contributed by atoms with E-state index in [2.05, 4.69) is 32.9 Å². The number of carbonyl (C=O) groups excluding carboxylic acids is 1. The normalized spacial score (nSPS) is 13.7. The molecule has 43 heavy (non-hydrogen) atoms. The van der Waals surface area contributed by atoms with Crippen LogP contribution >= 0.6 is 0 Å². The first-order chi connectivity index (χ1) is 20.7. The van der Waals surface area contributed by atoms with Crippen molar-refractivity contribution in [2.24, 2.45) is 5.73 Å². The van der Waals surface area contributed by atoms with Crippen LogP contribution in [0.3, 0.4) is 0 Å². The molecule has 216 valence electrons. The van der Waals surface area contributed by atoms with Crippen molar-refractivity contribution in [2.75, 3.05) is 48.8 Å². The molecule has 0 saturated carbocycles. The molecule has 0 unspecified atom stereocenters. The Hall–Kier alpha value is -5.54. The number of anilines is 4. The summed E-state index contributed by atoms with van der Waals surface area (Å²) in [5.74, 6) is -0.535. The number of rotatable bonds is 5. The highest BCUT2D eigenvalue weighted by Gasteiger charge is 2.24. The molecule has 3 heterocycles. The number of nitrogens with zero attached hydrogens (tertiary/aromatic N) is 8. The van der Waals surface area contributed by atoms with Gasteiger partial charge in [0.05, 0.1) is 28.0 Å². The molecule has 4 N–H and O–H groups in total. The number of hydrogen-bond acceptors (Lipinski definition) is 8. The molecule has 0 bridgehead atoms. The lowest BCUT2D eigenvalue weighted by molar-refractivity contribution is 0.256. The van der Waals surface area contributed by atoms with Gasteiger partial charge in [-0.2, -0.15) is 10.4 Å². The number of carbonyl (C=O) groups is 1. The Morgan fingerprint density at radius 3 is 2.53 bits per heavy atom. The maximum atomic E-state index is 15.7. The summed E-state index contributed by atoms with van der Waals surface area (Å²) in [4.78, 5) is 26.6. The third-order valence-corrected chi connectivity index (χ3v) is 7.63. The van der Waals surface area contributed by atoms with E-state index in [4.69, 9.17) is 16.6 Å². The maximum Gasteiger partial charge on any atom is 0.323 e. The molecule has 1 aliphatic heterocycles. The van der Waals surface area contributed by atoms with Gasteiger partial charge >= 0.3 is 6.03 Å². The number of nitriles is 1. The molecule has 0 atom stereocenters. The molecule has 11 nitrogen and oxygen atoms in total. The average Bonchev–Trinajstić information content (AvgIpc) is 3.39. The quantitative estimate of drug-likeness (QED) is 0.314. The number of benzene rings is 3. The Morgan fingerprint density at radius 2 is 1.84 bits per heavy atom. The van der Waals surface area contributed by atoms with Crippen molar-refractivity contribution >= 4 is 39.9 Å². The fourth-order valence-corrected chi connectivity index (χ4v) is 5.39. The SMILES string of the molecule is Cc1cccc(N(C(N)=O)c2ccc(-c3nn(-c4ccc(N5CCN(C)CC5)cc4C#N)c4ncnc(N)c34)cc2F)c1. The molecule has 12 heteroatoms. The van der Waals surface area contributed by atoms with E-state index >= 15 is 4.39 Å². The van der Waals surface area contributed by atoms with Crippen molar-refractivity contribution < 1.29 is 9.18 Å². The van der Waals surface area contributed by atoms with Gasteiger partial charge in [0.25, 0.3) is 0 Å². The molecular weight excluding hydrogens is 547 g/mol. The number of piperazine rings is 1. The summed E-state index contributed by atoms with van der Waals surface area (Å²) in [5.41, 5.74) is 16.2. The van der Waals surface area contributed by atoms with E-state index in [1.807, 2.05) is 31.2 Å². The molecule has 1 aliphatic rings. The summed E-state index contributed by atoms with van der Waals surface area (Å²) < 4.78 is 17.3. The van der Waals surface area contributed by atoms with Crippen LogP contribution in [0.1, 0.15) is 11.1 Å². The van der Waals surface area contributed by atoms with Crippen LogP contribution in [-0.2, 0) is 0 Å². The topological polar surface area (TPSA) is 146 Å². The van der Waals surface area contributed by atoms with E-state index in [9.17, 15) is 10.1 Å². The van der Waals surface area contributed by atoms with Crippen LogP contribution in [0.25, 0.3) is 28.0 Å². The van der Waals surface area contributed by atoms with E-state index in [0.717, 1.165) is 42.3 Å². The minimum absolute atomic E-state index is 0.0129. The Morgan fingerprint density at radius 1 is 1.05 bits per heavy atom. The van der Waals surface area contributed by atoms with Crippen LogP contribution < -0.4 is 21.3 Å². The molecule has 1 fully saturated rings. The standard InChI is InChI=1S/C31H29FN10O/c1-19-4-3-5-23(14-19)41(31(35)43)26-8-6-20(16-24(26)32)28-27-29(34)36-18-37-30(27)42(38-28)25-9-7-22(15-21(25)17-33)40-12-10-39(2)11-13-40/h3-9,14-16,18H,10-13H2,1-2H3,(H2,35,43)(H2,34,36,37). The van der Waals surface area contributed by atoms with E-state index in [-0.39, 0.29) is 11.5 Å². The van der Waals surface area contributed by atoms with Crippen molar-refractivity contribution in [3.8, 4) is 23.0 Å². The van der Waals surface area contributed by atoms with Crippen LogP contribution in [0, 0.1) is 24.1 Å². The highest BCUT2D eigenvalue weighted by atomic mass is 19.1. The summed E-state index contributed by atoms with van der Waals surface area (Å²) >= 11 is 0. The summed E-state index contributed by atoms with van der Waals surface area (Å²) in [6.45, 7) is 5.46. The maximum absolute atomic E-state index is 15.7. The van der Waals surface area contributed by atoms with Gasteiger partial charge in [0, 0.05) is 37.4 Å². The molecule has 5 aromatic rings. The number of primary amides is 1. The zero-order valence-electron chi connectivity index (χ0n) is 23.7. The summed E-state index contributed by atoms with van der Waals surface area (Å²) in [6.07, 6.45) is 1.32. The van der Waals surface area contributed by atoms with Gasteiger partial charge in [0.15, 0.2) is 5.65 Å². The molecular formula is C31H29FN10O. The lowest BCUT2D eigenvalue weighted by atomic mass is 10.1. The Bertz CT molecular complexity index is 1910. The van der Waals surface area contributed by atoms with Crippen LogP contribution in [0.4, 0.5) is 32.1 Å². The molecule has 2 amide bonds. The van der Waals surface area contributed by atoms with Crippen molar-refractivity contribution in [2.45, 2.75) is 6.92 Å². The van der Waals surface area contributed by atoms with E-state index in [1.165, 1.54) is 23.1 Å². The summed E-state index contributed by atoms with van der Waals surface area (Å²) in [5, 5.41) is 15.3. The second-order valence-corrected chi connectivity index (χ2v) is 10.5. The lowest BCUT2D eigenvalue weighted by Crippen LogP contribution is -2.44. The number of halogens is 1. The third-order valence-electron chi connectivity index (χ3n) is 7.63. The highest BCUT2D eigenvalue weighted by molar-refractivity contribution is 6.01. The monoisotopic (exact) mass is 576 g/mol. The van der Waals surface area contributed by atoms with Gasteiger partial charge in [-0.25, -0.2) is 23.8 Å². The number of fused-ring (bicyclic) bond motifs is 1. The molecule has 0 aliphatic carbocycles. The molecule has 3 aromatic carbocycles. The van der Waals surface area contributed by atoms with Crippen LogP contribution in [0.5, 0.6) is 0 Å². The Labute approximate surface area is 247 Å². The first-order valence-electron chi connectivity index (χ1n) is 13.7. The smallest absolute Gasteiger partial charge is 0.323 e. The fourth-order valence-electron chi connectivity index (χ4n) is 5.39. The summed E-state index contributed by atoms with van der Waals surface area (Å²) in [7, 11) is 2.09. The van der Waals surface area contributed by atoms with Crippen molar-refractivity contribution in [3.63, 3.8) is 0 Å². The minimum atomic E-state index is -0.825. The molecule has 0 radical (unpaired) electrons. The van der Waals surface area contributed by atoms with E-state index < -0.39 is 11.8 Å². The Kier molecular flexibility index (Phi) is 7.09. The lowest BCUT2D eigenvalue weighted by Gasteiger charge is -2.34. The number of amides is 2. The fraction of sp³-hybridized carbons (Fsp3) is 0.194. The number of aromatic nitrogens is 4. The van der Waals surface area contributed by atoms with Crippen molar-refractivity contribution in [3.05, 3.63) is 83.9 Å². The predicted molar refractivity (Wildman–Crippen MR) is 164 cm³/mol. The first-order valence-corrected chi connectivity index (χ1v) is 13.7. The number of aryl methyl sites for hydroxylation is 1. The van der Waals surface area contributed by atoms with Crippen LogP contribution in [0.15, 0.2) is 67.0 Å². The second-order valence-electron chi connectivity index (χ2n) is 10.5. The second kappa shape index (κ2) is 11.0. The first kappa shape index (κ1) is 27.6. The zero-order valence-corrected chi connectivity index (χ0v) is 23.7. The predicted octanol–water partition coefficient (Wildman–Crippen LogP) is 4.35. The third kappa shape index (κ3) is 5.06. The van der Waals surface area contributed by atoms with Crippen molar-refractivity contribution in [1.82, 2.24) is 24.6 Å². The van der Waals surface area contributed by atoms with Gasteiger partial charge in [0.2, 0.25) is 0 Å². The van der Waals surface area contributed by atoms with Gasteiger partial charge in [-0.1, -0.05) is 18.2 Å². The Balaban J connectivity index is 1.44. The number of nitrogen functional groups attached to an aromatic ring is 1. The van der Waals surface area contributed by atoms with Crippen LogP contribution in [-0.4, -0.2) is 63.9 Å². The van der Waals surface area contributed by atoms with Gasteiger partial charge in [-0.3, -0.25) is 4.90 Å². The summed E-state index contributed by atoms with van der Waals surface area (Å²) in [6, 6.07) is 18.5.